The molecular weight excluding hydrogens is 420 g/mol. The highest BCUT2D eigenvalue weighted by atomic mass is 79.9. The minimum atomic E-state index is -0.976. The van der Waals surface area contributed by atoms with E-state index in [2.05, 4.69) is 27.0 Å². The highest BCUT2D eigenvalue weighted by Gasteiger charge is 2.10. The van der Waals surface area contributed by atoms with Crippen LogP contribution in [0.4, 0.5) is 5.82 Å². The number of rotatable bonds is 8. The fourth-order valence-corrected chi connectivity index (χ4v) is 3.17. The predicted molar refractivity (Wildman–Crippen MR) is 113 cm³/mol. The molecule has 0 atom stereocenters. The van der Waals surface area contributed by atoms with Crippen LogP contribution in [0.2, 0.25) is 0 Å². The van der Waals surface area contributed by atoms with E-state index in [-0.39, 0.29) is 5.56 Å². The summed E-state index contributed by atoms with van der Waals surface area (Å²) in [5.41, 5.74) is 2.40. The largest absolute Gasteiger partial charge is 0.489 e. The molecule has 0 unspecified atom stereocenters. The number of halogens is 1. The number of pyridine rings is 1. The lowest BCUT2D eigenvalue weighted by Crippen LogP contribution is -2.21. The lowest BCUT2D eigenvalue weighted by molar-refractivity contribution is 0.0696. The third-order valence-corrected chi connectivity index (χ3v) is 4.86. The molecule has 1 aromatic heterocycles. The Balaban J connectivity index is 1.65. The number of likely N-dealkylation sites (N-methyl/N-ethyl adjacent to an activating group) is 1. The van der Waals surface area contributed by atoms with Crippen molar-refractivity contribution < 1.29 is 14.6 Å². The molecule has 0 saturated carbocycles. The molecule has 5 nitrogen and oxygen atoms in total. The van der Waals surface area contributed by atoms with Crippen LogP contribution in [0.15, 0.2) is 71.3 Å². The number of benzene rings is 2. The summed E-state index contributed by atoms with van der Waals surface area (Å²) < 4.78 is 7.04. The van der Waals surface area contributed by atoms with Crippen molar-refractivity contribution in [2.75, 3.05) is 18.5 Å². The molecule has 0 radical (unpaired) electrons. The molecule has 0 aliphatic carbocycles. The zero-order valence-electron chi connectivity index (χ0n) is 15.5. The molecule has 0 aliphatic heterocycles. The van der Waals surface area contributed by atoms with E-state index in [0.29, 0.717) is 6.61 Å². The molecule has 0 amide bonds. The van der Waals surface area contributed by atoms with Gasteiger partial charge in [-0.25, -0.2) is 9.78 Å². The third-order valence-electron chi connectivity index (χ3n) is 4.36. The van der Waals surface area contributed by atoms with E-state index >= 15 is 0 Å². The molecule has 0 bridgehead atoms. The van der Waals surface area contributed by atoms with Crippen LogP contribution in [0, 0.1) is 0 Å². The quantitative estimate of drug-likeness (QED) is 0.544. The van der Waals surface area contributed by atoms with Crippen LogP contribution in [-0.2, 0) is 13.0 Å². The number of hydrogen-bond acceptors (Lipinski definition) is 4. The standard InChI is InChI=1S/C22H21BrN2O3/c1-25(21-10-7-18(14-24-21)22(26)27)12-11-17-13-19(23)8-9-20(17)28-15-16-5-3-2-4-6-16/h2-10,13-14H,11-12,15H2,1H3,(H,26,27). The van der Waals surface area contributed by atoms with E-state index in [1.807, 2.05) is 54.4 Å². The molecule has 28 heavy (non-hydrogen) atoms. The number of aromatic carboxylic acids is 1. The van der Waals surface area contributed by atoms with Crippen LogP contribution >= 0.6 is 15.9 Å². The Morgan fingerprint density at radius 1 is 1.14 bits per heavy atom. The van der Waals surface area contributed by atoms with E-state index in [4.69, 9.17) is 9.84 Å². The summed E-state index contributed by atoms with van der Waals surface area (Å²) in [5, 5.41) is 8.98. The first-order valence-corrected chi connectivity index (χ1v) is 9.68. The van der Waals surface area contributed by atoms with Crippen LogP contribution in [0.5, 0.6) is 5.75 Å². The number of nitrogens with zero attached hydrogens (tertiary/aromatic N) is 2. The van der Waals surface area contributed by atoms with Crippen LogP contribution in [-0.4, -0.2) is 29.7 Å². The van der Waals surface area contributed by atoms with Crippen molar-refractivity contribution in [3.8, 4) is 5.75 Å². The monoisotopic (exact) mass is 440 g/mol. The summed E-state index contributed by atoms with van der Waals surface area (Å²) in [6, 6.07) is 19.4. The van der Waals surface area contributed by atoms with E-state index in [1.54, 1.807) is 12.1 Å². The van der Waals surface area contributed by atoms with Crippen LogP contribution < -0.4 is 9.64 Å². The summed E-state index contributed by atoms with van der Waals surface area (Å²) in [6.07, 6.45) is 2.14. The zero-order valence-corrected chi connectivity index (χ0v) is 17.1. The first kappa shape index (κ1) is 19.9. The summed E-state index contributed by atoms with van der Waals surface area (Å²) in [4.78, 5) is 17.2. The van der Waals surface area contributed by atoms with Gasteiger partial charge in [0.1, 0.15) is 18.2 Å². The predicted octanol–water partition coefficient (Wildman–Crippen LogP) is 4.80. The first-order valence-electron chi connectivity index (χ1n) is 8.88. The van der Waals surface area contributed by atoms with Gasteiger partial charge in [-0.3, -0.25) is 0 Å². The summed E-state index contributed by atoms with van der Waals surface area (Å²) >= 11 is 3.53. The van der Waals surface area contributed by atoms with E-state index < -0.39 is 5.97 Å². The molecule has 0 saturated heterocycles. The minimum Gasteiger partial charge on any atom is -0.489 e. The average Bonchev–Trinajstić information content (AvgIpc) is 2.72. The van der Waals surface area contributed by atoms with Gasteiger partial charge in [0.2, 0.25) is 0 Å². The van der Waals surface area contributed by atoms with Crippen LogP contribution in [0.3, 0.4) is 0 Å². The Labute approximate surface area is 172 Å². The van der Waals surface area contributed by atoms with Crippen molar-refractivity contribution in [2.24, 2.45) is 0 Å². The second-order valence-electron chi connectivity index (χ2n) is 6.41. The molecular formula is C22H21BrN2O3. The Kier molecular flexibility index (Phi) is 6.66. The normalized spacial score (nSPS) is 10.5. The van der Waals surface area contributed by atoms with Gasteiger partial charge >= 0.3 is 5.97 Å². The molecule has 0 spiro atoms. The number of carboxylic acid groups (broad SMARTS) is 1. The van der Waals surface area contributed by atoms with Crippen molar-refractivity contribution in [2.45, 2.75) is 13.0 Å². The van der Waals surface area contributed by atoms with Gasteiger partial charge in [-0.05, 0) is 47.9 Å². The average molecular weight is 441 g/mol. The second-order valence-corrected chi connectivity index (χ2v) is 7.32. The highest BCUT2D eigenvalue weighted by Crippen LogP contribution is 2.25. The molecule has 2 aromatic carbocycles. The van der Waals surface area contributed by atoms with Gasteiger partial charge in [0.05, 0.1) is 5.56 Å². The van der Waals surface area contributed by atoms with Crippen LogP contribution in [0.1, 0.15) is 21.5 Å². The smallest absolute Gasteiger partial charge is 0.337 e. The molecule has 3 aromatic rings. The number of carboxylic acids is 1. The Morgan fingerprint density at radius 3 is 2.61 bits per heavy atom. The Hall–Kier alpha value is -2.86. The maximum absolute atomic E-state index is 11.0. The van der Waals surface area contributed by atoms with Crippen molar-refractivity contribution in [1.82, 2.24) is 4.98 Å². The lowest BCUT2D eigenvalue weighted by atomic mass is 10.1. The number of carbonyl (C=O) groups is 1. The maximum Gasteiger partial charge on any atom is 0.337 e. The Bertz CT molecular complexity index is 930. The van der Waals surface area contributed by atoms with Crippen molar-refractivity contribution in [3.05, 3.63) is 88.0 Å². The van der Waals surface area contributed by atoms with Gasteiger partial charge in [0, 0.05) is 24.3 Å². The van der Waals surface area contributed by atoms with Gasteiger partial charge in [0.15, 0.2) is 0 Å². The topological polar surface area (TPSA) is 62.7 Å². The van der Waals surface area contributed by atoms with Gasteiger partial charge in [-0.1, -0.05) is 46.3 Å². The molecule has 0 fully saturated rings. The van der Waals surface area contributed by atoms with Gasteiger partial charge in [-0.2, -0.15) is 0 Å². The first-order chi connectivity index (χ1) is 13.5. The maximum atomic E-state index is 11.0. The summed E-state index contributed by atoms with van der Waals surface area (Å²) in [7, 11) is 1.94. The molecule has 1 heterocycles. The number of hydrogen-bond donors (Lipinski definition) is 1. The van der Waals surface area contributed by atoms with Crippen molar-refractivity contribution in [3.63, 3.8) is 0 Å². The minimum absolute atomic E-state index is 0.181. The molecule has 0 aliphatic rings. The van der Waals surface area contributed by atoms with E-state index in [1.165, 1.54) is 6.20 Å². The highest BCUT2D eigenvalue weighted by molar-refractivity contribution is 9.10. The van der Waals surface area contributed by atoms with Gasteiger partial charge in [0.25, 0.3) is 0 Å². The molecule has 144 valence electrons. The molecule has 3 rings (SSSR count). The Morgan fingerprint density at radius 2 is 1.93 bits per heavy atom. The summed E-state index contributed by atoms with van der Waals surface area (Å²) in [6.45, 7) is 1.24. The second kappa shape index (κ2) is 9.37. The lowest BCUT2D eigenvalue weighted by Gasteiger charge is -2.19. The number of ether oxygens (including phenoxy) is 1. The SMILES string of the molecule is CN(CCc1cc(Br)ccc1OCc1ccccc1)c1ccc(C(=O)O)cn1. The number of aromatic nitrogens is 1. The molecule has 6 heteroatoms. The van der Waals surface area contributed by atoms with Gasteiger partial charge in [-0.15, -0.1) is 0 Å². The summed E-state index contributed by atoms with van der Waals surface area (Å²) in [5.74, 6) is 0.609. The van der Waals surface area contributed by atoms with E-state index in [9.17, 15) is 4.79 Å². The van der Waals surface area contributed by atoms with Gasteiger partial charge < -0.3 is 14.7 Å². The van der Waals surface area contributed by atoms with Crippen molar-refractivity contribution in [1.29, 1.82) is 0 Å². The fourth-order valence-electron chi connectivity index (χ4n) is 2.76. The van der Waals surface area contributed by atoms with E-state index in [0.717, 1.165) is 40.1 Å². The zero-order chi connectivity index (χ0) is 19.9. The van der Waals surface area contributed by atoms with Crippen molar-refractivity contribution >= 4 is 27.7 Å². The van der Waals surface area contributed by atoms with Crippen LogP contribution in [0.25, 0.3) is 0 Å². The fraction of sp³-hybridized carbons (Fsp3) is 0.182. The number of anilines is 1. The third kappa shape index (κ3) is 5.33. The molecule has 1 N–H and O–H groups in total.